The third kappa shape index (κ3) is 5.46. The molecule has 68 heavy (non-hydrogen) atoms. The second kappa shape index (κ2) is 13.8. The minimum absolute atomic E-state index is 0.0285. The minimum Gasteiger partial charge on any atom is -0.455 e. The Kier molecular flexibility index (Phi) is 7.96. The van der Waals surface area contributed by atoms with Crippen LogP contribution in [-0.4, -0.2) is 11.3 Å². The Hall–Kier alpha value is -7.96. The molecule has 0 unspecified atom stereocenters. The molecule has 2 aliphatic heterocycles. The molecule has 0 saturated carbocycles. The highest BCUT2D eigenvalue weighted by atomic mass is 16.3. The lowest BCUT2D eigenvalue weighted by Crippen LogP contribution is -2.56. The molecule has 0 spiro atoms. The van der Waals surface area contributed by atoms with Crippen LogP contribution in [0, 0.1) is 0 Å². The average molecular weight is 878 g/mol. The Bertz CT molecular complexity index is 4030. The Morgan fingerprint density at radius 1 is 0.441 bits per heavy atom. The molecule has 6 heteroatoms. The maximum absolute atomic E-state index is 7.17. The van der Waals surface area contributed by atoms with E-state index in [2.05, 4.69) is 238 Å². The molecule has 326 valence electrons. The van der Waals surface area contributed by atoms with Gasteiger partial charge >= 0.3 is 6.85 Å². The topological polar surface area (TPSA) is 37.7 Å². The van der Waals surface area contributed by atoms with E-state index in [1.54, 1.807) is 0 Å². The summed E-state index contributed by atoms with van der Waals surface area (Å²) in [6.07, 6.45) is 0. The maximum atomic E-state index is 7.17. The molecule has 0 amide bonds. The number of benzene rings is 9. The van der Waals surface area contributed by atoms with E-state index in [0.29, 0.717) is 0 Å². The Morgan fingerprint density at radius 3 is 1.75 bits per heavy atom. The van der Waals surface area contributed by atoms with Crippen molar-refractivity contribution >= 4 is 118 Å². The molecular formula is C62H48BN3O2. The average Bonchev–Trinajstić information content (AvgIpc) is 4.03. The van der Waals surface area contributed by atoms with E-state index in [4.69, 9.17) is 8.83 Å². The molecule has 9 aromatic carbocycles. The molecule has 0 aliphatic carbocycles. The fraction of sp³-hybridized carbons (Fsp3) is 0.129. The zero-order valence-electron chi connectivity index (χ0n) is 39.1. The van der Waals surface area contributed by atoms with Gasteiger partial charge in [-0.15, -0.1) is 0 Å². The SMILES string of the molecule is CC(C)(C)c1ccc2c(c1)c1cc(C(C)(C)C)cc3c1n2B1c2ccc(N(c4ccccc4)c4ccccc4)cc2N(c2cccc4c2oc2ccccc24)c2cc4c(oc5ccccc54)c-3c21. The summed E-state index contributed by atoms with van der Waals surface area (Å²) < 4.78 is 16.8. The Labute approximate surface area is 395 Å². The fourth-order valence-electron chi connectivity index (χ4n) is 11.5. The van der Waals surface area contributed by atoms with Gasteiger partial charge in [-0.3, -0.25) is 0 Å². The number of anilines is 6. The van der Waals surface area contributed by atoms with Crippen molar-refractivity contribution < 1.29 is 8.83 Å². The highest BCUT2D eigenvalue weighted by molar-refractivity contribution is 6.90. The molecule has 0 radical (unpaired) electrons. The Morgan fingerprint density at radius 2 is 1.06 bits per heavy atom. The van der Waals surface area contributed by atoms with Gasteiger partial charge in [-0.2, -0.15) is 0 Å². The molecule has 5 heterocycles. The van der Waals surface area contributed by atoms with Crippen molar-refractivity contribution in [3.05, 3.63) is 193 Å². The third-order valence-electron chi connectivity index (χ3n) is 14.8. The van der Waals surface area contributed by atoms with Crippen molar-refractivity contribution in [1.82, 2.24) is 4.48 Å². The number of furan rings is 2. The first-order chi connectivity index (χ1) is 33.0. The van der Waals surface area contributed by atoms with E-state index in [-0.39, 0.29) is 17.7 Å². The first-order valence-corrected chi connectivity index (χ1v) is 23.9. The number of hydrogen-bond acceptors (Lipinski definition) is 4. The summed E-state index contributed by atoms with van der Waals surface area (Å²) >= 11 is 0. The molecule has 0 atom stereocenters. The largest absolute Gasteiger partial charge is 0.455 e. The summed E-state index contributed by atoms with van der Waals surface area (Å²) in [5.41, 5.74) is 19.7. The van der Waals surface area contributed by atoms with Gasteiger partial charge in [0.05, 0.1) is 5.69 Å². The van der Waals surface area contributed by atoms with Gasteiger partial charge in [-0.1, -0.05) is 139 Å². The van der Waals surface area contributed by atoms with E-state index in [0.717, 1.165) is 83.6 Å². The molecule has 14 rings (SSSR count). The molecule has 0 fully saturated rings. The predicted octanol–water partition coefficient (Wildman–Crippen LogP) is 16.1. The summed E-state index contributed by atoms with van der Waals surface area (Å²) in [6, 6.07) is 66.7. The van der Waals surface area contributed by atoms with E-state index >= 15 is 0 Å². The summed E-state index contributed by atoms with van der Waals surface area (Å²) in [6.45, 7) is 13.8. The van der Waals surface area contributed by atoms with Crippen molar-refractivity contribution in [3.63, 3.8) is 0 Å². The van der Waals surface area contributed by atoms with Crippen LogP contribution in [0.3, 0.4) is 0 Å². The van der Waals surface area contributed by atoms with Gasteiger partial charge < -0.3 is 23.1 Å². The van der Waals surface area contributed by atoms with Crippen molar-refractivity contribution in [2.45, 2.75) is 52.4 Å². The third-order valence-corrected chi connectivity index (χ3v) is 14.8. The second-order valence-corrected chi connectivity index (χ2v) is 20.9. The van der Waals surface area contributed by atoms with Crippen LogP contribution in [-0.2, 0) is 10.8 Å². The van der Waals surface area contributed by atoms with Crippen molar-refractivity contribution in [2.75, 3.05) is 9.80 Å². The highest BCUT2D eigenvalue weighted by Crippen LogP contribution is 2.52. The van der Waals surface area contributed by atoms with Gasteiger partial charge in [0.1, 0.15) is 16.7 Å². The van der Waals surface area contributed by atoms with Crippen LogP contribution in [0.25, 0.3) is 76.8 Å². The van der Waals surface area contributed by atoms with Gasteiger partial charge in [0.2, 0.25) is 0 Å². The number of para-hydroxylation sites is 5. The Balaban J connectivity index is 1.18. The smallest absolute Gasteiger partial charge is 0.333 e. The number of fused-ring (bicyclic) bond motifs is 14. The van der Waals surface area contributed by atoms with Crippen LogP contribution < -0.4 is 20.7 Å². The predicted molar refractivity (Wildman–Crippen MR) is 287 cm³/mol. The van der Waals surface area contributed by atoms with Gasteiger partial charge in [-0.25, -0.2) is 0 Å². The highest BCUT2D eigenvalue weighted by Gasteiger charge is 2.45. The molecule has 3 aromatic heterocycles. The van der Waals surface area contributed by atoms with Gasteiger partial charge in [0, 0.05) is 82.9 Å². The quantitative estimate of drug-likeness (QED) is 0.165. The van der Waals surface area contributed by atoms with Crippen LogP contribution in [0.1, 0.15) is 52.7 Å². The maximum Gasteiger partial charge on any atom is 0.333 e. The van der Waals surface area contributed by atoms with Crippen molar-refractivity contribution in [2.24, 2.45) is 0 Å². The summed E-state index contributed by atoms with van der Waals surface area (Å²) in [7, 11) is 0. The van der Waals surface area contributed by atoms with Crippen LogP contribution in [0.4, 0.5) is 34.1 Å². The molecule has 0 saturated heterocycles. The minimum atomic E-state index is -0.192. The van der Waals surface area contributed by atoms with Gasteiger partial charge in [0.15, 0.2) is 5.58 Å². The molecule has 2 aliphatic rings. The number of rotatable bonds is 4. The summed E-state index contributed by atoms with van der Waals surface area (Å²) in [4.78, 5) is 4.88. The van der Waals surface area contributed by atoms with E-state index in [1.165, 1.54) is 49.4 Å². The summed E-state index contributed by atoms with van der Waals surface area (Å²) in [5.74, 6) is 0. The van der Waals surface area contributed by atoms with E-state index in [1.807, 2.05) is 0 Å². The molecule has 0 bridgehead atoms. The lowest BCUT2D eigenvalue weighted by molar-refractivity contribution is 0.590. The number of hydrogen-bond donors (Lipinski definition) is 0. The van der Waals surface area contributed by atoms with Crippen LogP contribution in [0.15, 0.2) is 191 Å². The van der Waals surface area contributed by atoms with Crippen LogP contribution in [0.5, 0.6) is 0 Å². The van der Waals surface area contributed by atoms with E-state index < -0.39 is 0 Å². The summed E-state index contributed by atoms with van der Waals surface area (Å²) in [5, 5.41) is 6.94. The molecular weight excluding hydrogens is 830 g/mol. The van der Waals surface area contributed by atoms with E-state index in [9.17, 15) is 0 Å². The van der Waals surface area contributed by atoms with Gasteiger partial charge in [0.25, 0.3) is 0 Å². The molecule has 5 nitrogen and oxygen atoms in total. The fourth-order valence-corrected chi connectivity index (χ4v) is 11.5. The zero-order valence-corrected chi connectivity index (χ0v) is 39.1. The normalized spacial score (nSPS) is 13.4. The monoisotopic (exact) mass is 877 g/mol. The van der Waals surface area contributed by atoms with Crippen LogP contribution in [0.2, 0.25) is 0 Å². The lowest BCUT2D eigenvalue weighted by Gasteiger charge is -2.41. The first kappa shape index (κ1) is 39.2. The standard InChI is InChI=1S/C62H48BN3O2/c1-61(2,3)37-28-31-50-45(32-37)46-33-38(62(4,5)6)34-48-56-57-53(36-47-43-23-14-16-27-55(43)68-60(47)56)65(51-25-17-24-44-42-22-13-15-26-54(42)67-59(44)51)52-35-41(29-30-49(52)63(57)66(50)58(46)48)64(39-18-9-7-10-19-39)40-20-11-8-12-21-40/h7-36H,1-6H3. The first-order valence-electron chi connectivity index (χ1n) is 23.9. The van der Waals surface area contributed by atoms with Crippen molar-refractivity contribution in [1.29, 1.82) is 0 Å². The molecule has 12 aromatic rings. The van der Waals surface area contributed by atoms with Crippen LogP contribution >= 0.6 is 0 Å². The van der Waals surface area contributed by atoms with Crippen molar-refractivity contribution in [3.8, 4) is 11.1 Å². The molecule has 0 N–H and O–H groups in total. The van der Waals surface area contributed by atoms with Gasteiger partial charge in [-0.05, 0) is 118 Å². The lowest BCUT2D eigenvalue weighted by atomic mass is 9.45. The number of nitrogens with zero attached hydrogens (tertiary/aromatic N) is 3. The second-order valence-electron chi connectivity index (χ2n) is 20.9. The number of aromatic nitrogens is 1. The zero-order chi connectivity index (χ0) is 45.8.